The molecule has 1 aromatic carbocycles. The molecule has 0 aromatic heterocycles. The quantitative estimate of drug-likeness (QED) is 0.823. The first-order chi connectivity index (χ1) is 7.63. The topological polar surface area (TPSA) is 52.6 Å². The van der Waals surface area contributed by atoms with Crippen LogP contribution >= 0.6 is 11.6 Å². The van der Waals surface area contributed by atoms with Crippen molar-refractivity contribution in [1.29, 1.82) is 0 Å². The molecule has 1 atom stereocenters. The molecule has 0 aliphatic carbocycles. The minimum Gasteiger partial charge on any atom is -0.394 e. The number of hydrogen-bond acceptors (Lipinski definition) is 3. The second-order valence-corrected chi connectivity index (χ2v) is 4.25. The van der Waals surface area contributed by atoms with Gasteiger partial charge < -0.3 is 15.3 Å². The number of amides is 1. The third kappa shape index (κ3) is 1.86. The maximum atomic E-state index is 11.5. The highest BCUT2D eigenvalue weighted by atomic mass is 35.5. The zero-order chi connectivity index (χ0) is 11.7. The zero-order valence-corrected chi connectivity index (χ0v) is 9.66. The van der Waals surface area contributed by atoms with Crippen molar-refractivity contribution in [3.8, 4) is 0 Å². The van der Waals surface area contributed by atoms with Gasteiger partial charge in [0.25, 0.3) is 0 Å². The van der Waals surface area contributed by atoms with Crippen molar-refractivity contribution >= 4 is 28.9 Å². The Bertz CT molecular complexity index is 422. The van der Waals surface area contributed by atoms with Gasteiger partial charge in [0.15, 0.2) is 0 Å². The lowest BCUT2D eigenvalue weighted by molar-refractivity contribution is -0.115. The molecule has 0 saturated carbocycles. The van der Waals surface area contributed by atoms with E-state index < -0.39 is 0 Å². The van der Waals surface area contributed by atoms with Crippen LogP contribution in [0.2, 0.25) is 5.02 Å². The second kappa shape index (κ2) is 4.31. The van der Waals surface area contributed by atoms with Crippen molar-refractivity contribution in [1.82, 2.24) is 0 Å². The van der Waals surface area contributed by atoms with Crippen molar-refractivity contribution in [3.63, 3.8) is 0 Å². The number of para-hydroxylation sites is 1. The lowest BCUT2D eigenvalue weighted by Crippen LogP contribution is -2.45. The molecular weight excluding hydrogens is 228 g/mol. The molecule has 0 fully saturated rings. The normalized spacial score (nSPS) is 16.7. The molecule has 0 spiro atoms. The molecule has 0 bridgehead atoms. The molecule has 1 aromatic rings. The summed E-state index contributed by atoms with van der Waals surface area (Å²) in [4.78, 5) is 13.3. The van der Waals surface area contributed by atoms with E-state index in [0.717, 1.165) is 5.69 Å². The fourth-order valence-corrected chi connectivity index (χ4v) is 2.09. The number of halogens is 1. The zero-order valence-electron chi connectivity index (χ0n) is 8.90. The average Bonchev–Trinajstić information content (AvgIpc) is 2.27. The van der Waals surface area contributed by atoms with Gasteiger partial charge in [0, 0.05) is 6.04 Å². The monoisotopic (exact) mass is 240 g/mol. The number of aliphatic hydroxyl groups excluding tert-OH is 1. The Morgan fingerprint density at radius 2 is 2.38 bits per heavy atom. The summed E-state index contributed by atoms with van der Waals surface area (Å²) in [6.07, 6.45) is 0. The van der Waals surface area contributed by atoms with Gasteiger partial charge in [-0.1, -0.05) is 17.7 Å². The highest BCUT2D eigenvalue weighted by molar-refractivity contribution is 6.34. The lowest BCUT2D eigenvalue weighted by Gasteiger charge is -2.35. The number of rotatable bonds is 2. The SMILES string of the molecule is CC(CO)N1CC(=O)Nc2cccc(Cl)c21. The van der Waals surface area contributed by atoms with E-state index in [2.05, 4.69) is 5.32 Å². The van der Waals surface area contributed by atoms with Gasteiger partial charge in [-0.15, -0.1) is 0 Å². The van der Waals surface area contributed by atoms with Gasteiger partial charge >= 0.3 is 0 Å². The molecule has 16 heavy (non-hydrogen) atoms. The Morgan fingerprint density at radius 3 is 3.06 bits per heavy atom. The molecule has 0 saturated heterocycles. The van der Waals surface area contributed by atoms with E-state index in [-0.39, 0.29) is 25.1 Å². The summed E-state index contributed by atoms with van der Waals surface area (Å²) in [7, 11) is 0. The summed E-state index contributed by atoms with van der Waals surface area (Å²) >= 11 is 6.11. The van der Waals surface area contributed by atoms with Crippen molar-refractivity contribution in [2.45, 2.75) is 13.0 Å². The number of nitrogens with one attached hydrogen (secondary N) is 1. The first kappa shape index (κ1) is 11.2. The van der Waals surface area contributed by atoms with Gasteiger partial charge in [-0.05, 0) is 19.1 Å². The van der Waals surface area contributed by atoms with Crippen molar-refractivity contribution < 1.29 is 9.90 Å². The van der Waals surface area contributed by atoms with Crippen LogP contribution in [-0.4, -0.2) is 30.2 Å². The van der Waals surface area contributed by atoms with Crippen molar-refractivity contribution in [2.75, 3.05) is 23.4 Å². The first-order valence-corrected chi connectivity index (χ1v) is 5.47. The molecule has 1 aliphatic rings. The van der Waals surface area contributed by atoms with Gasteiger partial charge in [0.1, 0.15) is 0 Å². The highest BCUT2D eigenvalue weighted by Crippen LogP contribution is 2.37. The van der Waals surface area contributed by atoms with E-state index in [9.17, 15) is 9.90 Å². The minimum atomic E-state index is -0.135. The Kier molecular flexibility index (Phi) is 3.03. The molecule has 2 N–H and O–H groups in total. The fourth-order valence-electron chi connectivity index (χ4n) is 1.81. The summed E-state index contributed by atoms with van der Waals surface area (Å²) in [6.45, 7) is 2.06. The standard InChI is InChI=1S/C11H13ClN2O2/c1-7(6-15)14-5-10(16)13-9-4-2-3-8(12)11(9)14/h2-4,7,15H,5-6H2,1H3,(H,13,16). The smallest absolute Gasteiger partial charge is 0.243 e. The minimum absolute atomic E-state index is 0.0159. The van der Waals surface area contributed by atoms with E-state index in [1.54, 1.807) is 18.2 Å². The molecule has 4 nitrogen and oxygen atoms in total. The van der Waals surface area contributed by atoms with Crippen LogP contribution < -0.4 is 10.2 Å². The molecule has 0 radical (unpaired) electrons. The Morgan fingerprint density at radius 1 is 1.62 bits per heavy atom. The summed E-state index contributed by atoms with van der Waals surface area (Å²) in [5.41, 5.74) is 1.48. The third-order valence-corrected chi connectivity index (χ3v) is 2.96. The summed E-state index contributed by atoms with van der Waals surface area (Å²) in [5, 5.41) is 12.5. The van der Waals surface area contributed by atoms with E-state index in [1.807, 2.05) is 11.8 Å². The Balaban J connectivity index is 2.47. The molecule has 86 valence electrons. The molecule has 1 heterocycles. The van der Waals surface area contributed by atoms with E-state index >= 15 is 0 Å². The maximum absolute atomic E-state index is 11.5. The van der Waals surface area contributed by atoms with Crippen molar-refractivity contribution in [3.05, 3.63) is 23.2 Å². The molecule has 5 heteroatoms. The maximum Gasteiger partial charge on any atom is 0.243 e. The van der Waals surface area contributed by atoms with Crippen LogP contribution in [0, 0.1) is 0 Å². The van der Waals surface area contributed by atoms with Crippen molar-refractivity contribution in [2.24, 2.45) is 0 Å². The van der Waals surface area contributed by atoms with E-state index in [4.69, 9.17) is 11.6 Å². The van der Waals surface area contributed by atoms with Gasteiger partial charge in [0.05, 0.1) is 29.5 Å². The first-order valence-electron chi connectivity index (χ1n) is 5.09. The van der Waals surface area contributed by atoms with Gasteiger partial charge in [-0.25, -0.2) is 0 Å². The lowest BCUT2D eigenvalue weighted by atomic mass is 10.1. The molecular formula is C11H13ClN2O2. The van der Waals surface area contributed by atoms with Crippen LogP contribution in [0.4, 0.5) is 11.4 Å². The number of anilines is 2. The second-order valence-electron chi connectivity index (χ2n) is 3.84. The number of fused-ring (bicyclic) bond motifs is 1. The van der Waals surface area contributed by atoms with E-state index in [0.29, 0.717) is 10.7 Å². The largest absolute Gasteiger partial charge is 0.394 e. The third-order valence-electron chi connectivity index (χ3n) is 2.66. The summed E-state index contributed by atoms with van der Waals surface area (Å²) in [6, 6.07) is 5.23. The van der Waals surface area contributed by atoms with Crippen LogP contribution in [0.1, 0.15) is 6.92 Å². The van der Waals surface area contributed by atoms with Crippen LogP contribution in [0.3, 0.4) is 0 Å². The number of hydrogen-bond donors (Lipinski definition) is 2. The van der Waals surface area contributed by atoms with E-state index in [1.165, 1.54) is 0 Å². The highest BCUT2D eigenvalue weighted by Gasteiger charge is 2.27. The predicted molar refractivity (Wildman–Crippen MR) is 64.0 cm³/mol. The number of aliphatic hydroxyl groups is 1. The fraction of sp³-hybridized carbons (Fsp3) is 0.364. The average molecular weight is 241 g/mol. The van der Waals surface area contributed by atoms with Gasteiger partial charge in [-0.2, -0.15) is 0 Å². The van der Waals surface area contributed by atoms with Crippen LogP contribution in [0.25, 0.3) is 0 Å². The molecule has 1 aliphatic heterocycles. The molecule has 1 unspecified atom stereocenters. The Labute approximate surface area is 98.8 Å². The Hall–Kier alpha value is -1.26. The van der Waals surface area contributed by atoms with Gasteiger partial charge in [0.2, 0.25) is 5.91 Å². The predicted octanol–water partition coefficient (Wildman–Crippen LogP) is 1.48. The number of carbonyl (C=O) groups excluding carboxylic acids is 1. The summed E-state index contributed by atoms with van der Waals surface area (Å²) in [5.74, 6) is -0.0879. The van der Waals surface area contributed by atoms with Crippen LogP contribution in [0.5, 0.6) is 0 Å². The molecule has 1 amide bonds. The number of nitrogens with zero attached hydrogens (tertiary/aromatic N) is 1. The molecule has 2 rings (SSSR count). The van der Waals surface area contributed by atoms with Crippen LogP contribution in [-0.2, 0) is 4.79 Å². The van der Waals surface area contributed by atoms with Gasteiger partial charge in [-0.3, -0.25) is 4.79 Å². The number of carbonyl (C=O) groups is 1. The van der Waals surface area contributed by atoms with Crippen LogP contribution in [0.15, 0.2) is 18.2 Å². The summed E-state index contributed by atoms with van der Waals surface area (Å²) < 4.78 is 0. The number of benzene rings is 1.